The summed E-state index contributed by atoms with van der Waals surface area (Å²) in [6.07, 6.45) is -7.34. The fourth-order valence-electron chi connectivity index (χ4n) is 2.50. The highest BCUT2D eigenvalue weighted by atomic mass is 32.1. The molecule has 2 N–H and O–H groups in total. The first-order chi connectivity index (χ1) is 14.4. The van der Waals surface area contributed by atoms with Crippen LogP contribution in [0, 0.1) is 0 Å². The van der Waals surface area contributed by atoms with Gasteiger partial charge in [-0.15, -0.1) is 11.3 Å². The van der Waals surface area contributed by atoms with Crippen LogP contribution in [0.4, 0.5) is 37.7 Å². The standard InChI is InChI=1S/C19H11F6N3O2S/c20-18(21,22)11-7-12(19(23,24)25)9-13(8-11)27-17(30)15-14(3-6-31-15)28-16(29)10-1-4-26-5-2-10/h1-9H,(H,27,30)(H,28,29). The SMILES string of the molecule is O=C(Nc1ccsc1C(=O)Nc1cc(C(F)(F)F)cc(C(F)(F)F)c1)c1ccncc1. The lowest BCUT2D eigenvalue weighted by molar-refractivity contribution is -0.143. The summed E-state index contributed by atoms with van der Waals surface area (Å²) < 4.78 is 77.9. The number of pyridine rings is 1. The van der Waals surface area contributed by atoms with Gasteiger partial charge in [0.2, 0.25) is 0 Å². The van der Waals surface area contributed by atoms with Crippen LogP contribution in [0.15, 0.2) is 54.2 Å². The maximum Gasteiger partial charge on any atom is 0.416 e. The van der Waals surface area contributed by atoms with Crippen molar-refractivity contribution in [3.8, 4) is 0 Å². The minimum atomic E-state index is -5.05. The lowest BCUT2D eigenvalue weighted by Crippen LogP contribution is -2.18. The lowest BCUT2D eigenvalue weighted by Gasteiger charge is -2.15. The summed E-state index contributed by atoms with van der Waals surface area (Å²) in [4.78, 5) is 28.4. The number of thiophene rings is 1. The van der Waals surface area contributed by atoms with Gasteiger partial charge in [-0.05, 0) is 41.8 Å². The Kier molecular flexibility index (Phi) is 6.02. The van der Waals surface area contributed by atoms with Crippen molar-refractivity contribution >= 4 is 34.5 Å². The molecular formula is C19H11F6N3O2S. The van der Waals surface area contributed by atoms with Crippen LogP contribution in [-0.2, 0) is 12.4 Å². The van der Waals surface area contributed by atoms with Crippen molar-refractivity contribution in [3.05, 3.63) is 75.7 Å². The highest BCUT2D eigenvalue weighted by Gasteiger charge is 2.37. The van der Waals surface area contributed by atoms with Crippen molar-refractivity contribution in [2.24, 2.45) is 0 Å². The molecule has 0 fully saturated rings. The predicted octanol–water partition coefficient (Wildman–Crippen LogP) is 5.69. The van der Waals surface area contributed by atoms with E-state index in [1.54, 1.807) is 0 Å². The van der Waals surface area contributed by atoms with Crippen molar-refractivity contribution in [2.75, 3.05) is 10.6 Å². The van der Waals surface area contributed by atoms with E-state index in [2.05, 4.69) is 10.3 Å². The minimum Gasteiger partial charge on any atom is -0.321 e. The molecule has 3 rings (SSSR count). The summed E-state index contributed by atoms with van der Waals surface area (Å²) in [7, 11) is 0. The van der Waals surface area contributed by atoms with Crippen molar-refractivity contribution in [1.29, 1.82) is 0 Å². The van der Waals surface area contributed by atoms with Crippen molar-refractivity contribution in [2.45, 2.75) is 12.4 Å². The molecule has 2 heterocycles. The van der Waals surface area contributed by atoms with E-state index in [0.717, 1.165) is 11.3 Å². The van der Waals surface area contributed by atoms with Gasteiger partial charge in [0, 0.05) is 23.6 Å². The largest absolute Gasteiger partial charge is 0.416 e. The Bertz CT molecular complexity index is 1080. The molecule has 31 heavy (non-hydrogen) atoms. The molecule has 0 aliphatic carbocycles. The molecule has 0 aliphatic heterocycles. The number of anilines is 2. The van der Waals surface area contributed by atoms with E-state index < -0.39 is 41.0 Å². The number of amides is 2. The first-order valence-electron chi connectivity index (χ1n) is 8.35. The molecule has 0 aliphatic rings. The second kappa shape index (κ2) is 8.38. The second-order valence-corrected chi connectivity index (χ2v) is 7.02. The van der Waals surface area contributed by atoms with Gasteiger partial charge in [-0.1, -0.05) is 0 Å². The topological polar surface area (TPSA) is 71.1 Å². The number of alkyl halides is 6. The Hall–Kier alpha value is -3.41. The molecule has 5 nitrogen and oxygen atoms in total. The summed E-state index contributed by atoms with van der Waals surface area (Å²) in [6.45, 7) is 0. The van der Waals surface area contributed by atoms with Gasteiger partial charge >= 0.3 is 12.4 Å². The molecule has 0 saturated carbocycles. The summed E-state index contributed by atoms with van der Waals surface area (Å²) in [5, 5.41) is 5.94. The summed E-state index contributed by atoms with van der Waals surface area (Å²) >= 11 is 0.850. The van der Waals surface area contributed by atoms with Crippen LogP contribution in [0.1, 0.15) is 31.2 Å². The van der Waals surface area contributed by atoms with Crippen molar-refractivity contribution in [1.82, 2.24) is 4.98 Å². The van der Waals surface area contributed by atoms with E-state index in [1.165, 1.54) is 36.0 Å². The van der Waals surface area contributed by atoms with Gasteiger partial charge in [0.15, 0.2) is 0 Å². The fourth-order valence-corrected chi connectivity index (χ4v) is 3.24. The number of nitrogens with zero attached hydrogens (tertiary/aromatic N) is 1. The number of rotatable bonds is 4. The van der Waals surface area contributed by atoms with Crippen molar-refractivity contribution in [3.63, 3.8) is 0 Å². The third-order valence-corrected chi connectivity index (χ3v) is 4.82. The summed E-state index contributed by atoms with van der Waals surface area (Å²) in [5.41, 5.74) is -3.52. The average Bonchev–Trinajstić information content (AvgIpc) is 3.15. The molecule has 0 radical (unpaired) electrons. The van der Waals surface area contributed by atoms with E-state index in [1.807, 2.05) is 5.32 Å². The monoisotopic (exact) mass is 459 g/mol. The fraction of sp³-hybridized carbons (Fsp3) is 0.105. The number of benzene rings is 1. The number of nitrogens with one attached hydrogen (secondary N) is 2. The van der Waals surface area contributed by atoms with E-state index in [-0.39, 0.29) is 22.2 Å². The Labute approximate surface area is 174 Å². The number of hydrogen-bond donors (Lipinski definition) is 2. The van der Waals surface area contributed by atoms with Crippen LogP contribution >= 0.6 is 11.3 Å². The third-order valence-electron chi connectivity index (χ3n) is 3.91. The number of halogens is 6. The highest BCUT2D eigenvalue weighted by molar-refractivity contribution is 7.12. The molecule has 3 aromatic rings. The van der Waals surface area contributed by atoms with E-state index >= 15 is 0 Å². The molecule has 0 atom stereocenters. The summed E-state index contributed by atoms with van der Waals surface area (Å²) in [6, 6.07) is 4.98. The zero-order valence-corrected chi connectivity index (χ0v) is 16.0. The van der Waals surface area contributed by atoms with Gasteiger partial charge < -0.3 is 10.6 Å². The molecule has 12 heteroatoms. The van der Waals surface area contributed by atoms with Gasteiger partial charge in [0.1, 0.15) is 4.88 Å². The summed E-state index contributed by atoms with van der Waals surface area (Å²) in [5.74, 6) is -1.55. The molecule has 2 amide bonds. The molecule has 0 unspecified atom stereocenters. The van der Waals surface area contributed by atoms with Crippen LogP contribution in [0.3, 0.4) is 0 Å². The van der Waals surface area contributed by atoms with Crippen LogP contribution in [0.25, 0.3) is 0 Å². The third kappa shape index (κ3) is 5.40. The maximum absolute atomic E-state index is 13.0. The normalized spacial score (nSPS) is 11.8. The molecule has 162 valence electrons. The van der Waals surface area contributed by atoms with Crippen LogP contribution in [-0.4, -0.2) is 16.8 Å². The van der Waals surface area contributed by atoms with Crippen molar-refractivity contribution < 1.29 is 35.9 Å². The Morgan fingerprint density at radius 3 is 1.94 bits per heavy atom. The smallest absolute Gasteiger partial charge is 0.321 e. The lowest BCUT2D eigenvalue weighted by atomic mass is 10.1. The second-order valence-electron chi connectivity index (χ2n) is 6.10. The first-order valence-corrected chi connectivity index (χ1v) is 9.23. The molecule has 0 bridgehead atoms. The van der Waals surface area contributed by atoms with Gasteiger partial charge in [-0.2, -0.15) is 26.3 Å². The van der Waals surface area contributed by atoms with Gasteiger partial charge in [-0.25, -0.2) is 0 Å². The van der Waals surface area contributed by atoms with E-state index in [9.17, 15) is 35.9 Å². The quantitative estimate of drug-likeness (QED) is 0.493. The van der Waals surface area contributed by atoms with Crippen LogP contribution < -0.4 is 10.6 Å². The molecule has 0 saturated heterocycles. The van der Waals surface area contributed by atoms with Crippen LogP contribution in [0.5, 0.6) is 0 Å². The Morgan fingerprint density at radius 1 is 0.806 bits per heavy atom. The molecule has 0 spiro atoms. The molecule has 2 aromatic heterocycles. The first kappa shape index (κ1) is 22.3. The number of carbonyl (C=O) groups is 2. The Balaban J connectivity index is 1.86. The highest BCUT2D eigenvalue weighted by Crippen LogP contribution is 2.37. The number of aromatic nitrogens is 1. The minimum absolute atomic E-state index is 0.0405. The zero-order chi connectivity index (χ0) is 22.8. The molecular weight excluding hydrogens is 448 g/mol. The average molecular weight is 459 g/mol. The Morgan fingerprint density at radius 2 is 1.39 bits per heavy atom. The maximum atomic E-state index is 13.0. The number of hydrogen-bond acceptors (Lipinski definition) is 4. The van der Waals surface area contributed by atoms with E-state index in [0.29, 0.717) is 12.1 Å². The van der Waals surface area contributed by atoms with Crippen LogP contribution in [0.2, 0.25) is 0 Å². The zero-order valence-electron chi connectivity index (χ0n) is 15.1. The molecule has 1 aromatic carbocycles. The number of carbonyl (C=O) groups excluding carboxylic acids is 2. The predicted molar refractivity (Wildman–Crippen MR) is 101 cm³/mol. The van der Waals surface area contributed by atoms with Gasteiger partial charge in [-0.3, -0.25) is 14.6 Å². The van der Waals surface area contributed by atoms with Gasteiger partial charge in [0.25, 0.3) is 11.8 Å². The van der Waals surface area contributed by atoms with E-state index in [4.69, 9.17) is 0 Å². The van der Waals surface area contributed by atoms with Gasteiger partial charge in [0.05, 0.1) is 16.8 Å².